The Morgan fingerprint density at radius 2 is 2.35 bits per heavy atom. The van der Waals surface area contributed by atoms with Crippen LogP contribution in [0.25, 0.3) is 0 Å². The van der Waals surface area contributed by atoms with Crippen molar-refractivity contribution >= 4 is 34.4 Å². The third kappa shape index (κ3) is 3.02. The van der Waals surface area contributed by atoms with Crippen molar-refractivity contribution in [1.82, 2.24) is 0 Å². The molecule has 0 saturated heterocycles. The molecule has 0 aliphatic heterocycles. The molecule has 23 heavy (non-hydrogen) atoms. The third-order valence-corrected chi connectivity index (χ3v) is 4.68. The minimum Gasteiger partial charge on any atom is -0.462 e. The molecule has 0 bridgehead atoms. The lowest BCUT2D eigenvalue weighted by Crippen LogP contribution is -2.06. The molecule has 3 rings (SSSR count). The van der Waals surface area contributed by atoms with E-state index in [2.05, 4.69) is 4.99 Å². The zero-order valence-electron chi connectivity index (χ0n) is 12.4. The molecule has 8 heteroatoms. The van der Waals surface area contributed by atoms with Gasteiger partial charge in [-0.1, -0.05) is 0 Å². The lowest BCUT2D eigenvalue weighted by molar-refractivity contribution is -0.402. The highest BCUT2D eigenvalue weighted by Gasteiger charge is 2.27. The fourth-order valence-corrected chi connectivity index (χ4v) is 3.75. The molecular weight excluding hydrogens is 320 g/mol. The Labute approximate surface area is 135 Å². The van der Waals surface area contributed by atoms with E-state index in [1.807, 2.05) is 0 Å². The summed E-state index contributed by atoms with van der Waals surface area (Å²) in [5.41, 5.74) is 1.53. The first-order valence-electron chi connectivity index (χ1n) is 7.20. The van der Waals surface area contributed by atoms with Gasteiger partial charge in [0.25, 0.3) is 0 Å². The zero-order chi connectivity index (χ0) is 16.4. The molecule has 0 saturated carbocycles. The van der Waals surface area contributed by atoms with Crippen LogP contribution in [0.4, 0.5) is 10.9 Å². The quantitative estimate of drug-likeness (QED) is 0.360. The molecule has 0 N–H and O–H groups in total. The van der Waals surface area contributed by atoms with Crippen LogP contribution in [0.3, 0.4) is 0 Å². The number of ether oxygens (including phenoxy) is 1. The van der Waals surface area contributed by atoms with Gasteiger partial charge in [-0.2, -0.15) is 0 Å². The largest absolute Gasteiger partial charge is 0.462 e. The molecule has 0 aromatic carbocycles. The molecule has 2 aromatic rings. The van der Waals surface area contributed by atoms with Gasteiger partial charge in [-0.05, 0) is 37.8 Å². The number of thiophene rings is 1. The van der Waals surface area contributed by atoms with Gasteiger partial charge in [0, 0.05) is 4.88 Å². The number of aliphatic imine (C=N–C) groups is 1. The van der Waals surface area contributed by atoms with Crippen molar-refractivity contribution in [2.45, 2.75) is 26.2 Å². The second kappa shape index (κ2) is 6.33. The van der Waals surface area contributed by atoms with Crippen LogP contribution in [0.5, 0.6) is 0 Å². The summed E-state index contributed by atoms with van der Waals surface area (Å²) in [4.78, 5) is 27.6. The fourth-order valence-electron chi connectivity index (χ4n) is 2.53. The van der Waals surface area contributed by atoms with Crippen LogP contribution in [0, 0.1) is 10.1 Å². The van der Waals surface area contributed by atoms with Crippen LogP contribution in [0.15, 0.2) is 21.5 Å². The monoisotopic (exact) mass is 334 g/mol. The van der Waals surface area contributed by atoms with Crippen LogP contribution in [0.2, 0.25) is 0 Å². The number of nitrogens with zero attached hydrogens (tertiary/aromatic N) is 2. The Bertz CT molecular complexity index is 790. The van der Waals surface area contributed by atoms with Gasteiger partial charge in [0.15, 0.2) is 5.76 Å². The van der Waals surface area contributed by atoms with Crippen molar-refractivity contribution in [3.05, 3.63) is 44.0 Å². The summed E-state index contributed by atoms with van der Waals surface area (Å²) in [7, 11) is 0. The van der Waals surface area contributed by atoms with Crippen molar-refractivity contribution in [3.8, 4) is 0 Å². The number of carbonyl (C=O) groups excluding carboxylic acids is 1. The first-order chi connectivity index (χ1) is 11.1. The standard InChI is InChI=1S/C15H14N2O5S/c1-2-21-15(18)13-10-4-3-5-11(10)23-14(13)16-8-9-6-7-12(22-9)17(19)20/h6-8H,2-5H2,1H3. The average molecular weight is 334 g/mol. The Balaban J connectivity index is 1.91. The molecule has 1 aliphatic carbocycles. The molecule has 1 aliphatic rings. The van der Waals surface area contributed by atoms with Gasteiger partial charge in [-0.25, -0.2) is 9.79 Å². The summed E-state index contributed by atoms with van der Waals surface area (Å²) >= 11 is 1.46. The van der Waals surface area contributed by atoms with Gasteiger partial charge in [-0.3, -0.25) is 10.1 Å². The van der Waals surface area contributed by atoms with Gasteiger partial charge in [0.2, 0.25) is 0 Å². The van der Waals surface area contributed by atoms with E-state index in [1.54, 1.807) is 6.92 Å². The Morgan fingerprint density at radius 1 is 1.52 bits per heavy atom. The highest BCUT2D eigenvalue weighted by Crippen LogP contribution is 2.41. The maximum absolute atomic E-state index is 12.2. The Kier molecular flexibility index (Phi) is 4.24. The van der Waals surface area contributed by atoms with Crippen molar-refractivity contribution in [2.24, 2.45) is 4.99 Å². The van der Waals surface area contributed by atoms with E-state index < -0.39 is 4.92 Å². The first-order valence-corrected chi connectivity index (χ1v) is 8.01. The molecule has 2 aromatic heterocycles. The smallest absolute Gasteiger partial charge is 0.433 e. The van der Waals surface area contributed by atoms with E-state index in [4.69, 9.17) is 9.15 Å². The molecule has 0 atom stereocenters. The SMILES string of the molecule is CCOC(=O)c1c(N=Cc2ccc([N+](=O)[O-])o2)sc2c1CCC2. The maximum Gasteiger partial charge on any atom is 0.433 e. The zero-order valence-corrected chi connectivity index (χ0v) is 13.2. The molecular formula is C15H14N2O5S. The fraction of sp³-hybridized carbons (Fsp3) is 0.333. The maximum atomic E-state index is 12.2. The second-order valence-corrected chi connectivity index (χ2v) is 6.03. The molecule has 2 heterocycles. The van der Waals surface area contributed by atoms with E-state index in [-0.39, 0.29) is 17.6 Å². The minimum absolute atomic E-state index is 0.264. The third-order valence-electron chi connectivity index (χ3n) is 3.48. The summed E-state index contributed by atoms with van der Waals surface area (Å²) in [5.74, 6) is -0.449. The highest BCUT2D eigenvalue weighted by molar-refractivity contribution is 7.16. The van der Waals surface area contributed by atoms with Crippen LogP contribution < -0.4 is 0 Å². The molecule has 0 unspecified atom stereocenters. The van der Waals surface area contributed by atoms with Gasteiger partial charge in [0.1, 0.15) is 9.92 Å². The lowest BCUT2D eigenvalue weighted by atomic mass is 10.1. The van der Waals surface area contributed by atoms with Crippen LogP contribution in [-0.2, 0) is 17.6 Å². The summed E-state index contributed by atoms with van der Waals surface area (Å²) < 4.78 is 10.2. The summed E-state index contributed by atoms with van der Waals surface area (Å²) in [6.07, 6.45) is 4.20. The van der Waals surface area contributed by atoms with Crippen molar-refractivity contribution in [2.75, 3.05) is 6.61 Å². The number of fused-ring (bicyclic) bond motifs is 1. The van der Waals surface area contributed by atoms with E-state index >= 15 is 0 Å². The highest BCUT2D eigenvalue weighted by atomic mass is 32.1. The minimum atomic E-state index is -0.610. The summed E-state index contributed by atoms with van der Waals surface area (Å²) in [6, 6.07) is 2.73. The summed E-state index contributed by atoms with van der Waals surface area (Å²) in [5, 5.41) is 11.2. The van der Waals surface area contributed by atoms with E-state index in [1.165, 1.54) is 29.7 Å². The molecule has 0 spiro atoms. The topological polar surface area (TPSA) is 94.9 Å². The van der Waals surface area contributed by atoms with Gasteiger partial charge < -0.3 is 9.15 Å². The number of furan rings is 1. The van der Waals surface area contributed by atoms with Crippen molar-refractivity contribution in [3.63, 3.8) is 0 Å². The van der Waals surface area contributed by atoms with Crippen molar-refractivity contribution < 1.29 is 18.9 Å². The number of aryl methyl sites for hydroxylation is 1. The normalized spacial score (nSPS) is 13.4. The van der Waals surface area contributed by atoms with E-state index in [0.29, 0.717) is 17.2 Å². The van der Waals surface area contributed by atoms with E-state index in [9.17, 15) is 14.9 Å². The predicted octanol–water partition coefficient (Wildman–Crippen LogP) is 3.67. The molecule has 7 nitrogen and oxygen atoms in total. The van der Waals surface area contributed by atoms with Gasteiger partial charge >= 0.3 is 11.9 Å². The first kappa shape index (κ1) is 15.4. The number of nitro groups is 1. The Morgan fingerprint density at radius 3 is 3.04 bits per heavy atom. The average Bonchev–Trinajstić information content (AvgIpc) is 3.20. The number of hydrogen-bond donors (Lipinski definition) is 0. The molecule has 0 radical (unpaired) electrons. The van der Waals surface area contributed by atoms with Crippen LogP contribution in [0.1, 0.15) is 39.9 Å². The van der Waals surface area contributed by atoms with Gasteiger partial charge in [-0.15, -0.1) is 11.3 Å². The predicted molar refractivity (Wildman–Crippen MR) is 84.9 cm³/mol. The summed E-state index contributed by atoms with van der Waals surface area (Å²) in [6.45, 7) is 2.06. The molecule has 0 amide bonds. The van der Waals surface area contributed by atoms with Crippen LogP contribution in [-0.4, -0.2) is 23.7 Å². The van der Waals surface area contributed by atoms with Crippen LogP contribution >= 0.6 is 11.3 Å². The number of rotatable bonds is 5. The van der Waals surface area contributed by atoms with E-state index in [0.717, 1.165) is 29.7 Å². The molecule has 120 valence electrons. The number of carbonyl (C=O) groups is 1. The second-order valence-electron chi connectivity index (χ2n) is 4.95. The Hall–Kier alpha value is -2.48. The van der Waals surface area contributed by atoms with Gasteiger partial charge in [0.05, 0.1) is 24.5 Å². The molecule has 0 fully saturated rings. The number of hydrogen-bond acceptors (Lipinski definition) is 7. The number of esters is 1. The van der Waals surface area contributed by atoms with Crippen molar-refractivity contribution in [1.29, 1.82) is 0 Å². The lowest BCUT2D eigenvalue weighted by Gasteiger charge is -2.03.